The van der Waals surface area contributed by atoms with Gasteiger partial charge in [-0.3, -0.25) is 19.3 Å². The van der Waals surface area contributed by atoms with E-state index < -0.39 is 6.04 Å². The molecule has 0 spiro atoms. The Morgan fingerprint density at radius 2 is 1.68 bits per heavy atom. The number of carbonyl (C=O) groups excluding carboxylic acids is 3. The van der Waals surface area contributed by atoms with E-state index in [9.17, 15) is 18.8 Å². The van der Waals surface area contributed by atoms with Crippen molar-refractivity contribution in [3.8, 4) is 0 Å². The van der Waals surface area contributed by atoms with Gasteiger partial charge in [-0.2, -0.15) is 0 Å². The number of nitrogens with two attached hydrogens (primary N) is 1. The first-order valence-corrected chi connectivity index (χ1v) is 15.8. The summed E-state index contributed by atoms with van der Waals surface area (Å²) in [6, 6.07) is 19.2. The number of amides is 3. The molecule has 3 aromatic carbocycles. The van der Waals surface area contributed by atoms with Crippen LogP contribution in [0.5, 0.6) is 0 Å². The molecule has 4 N–H and O–H groups in total. The Morgan fingerprint density at radius 1 is 0.955 bits per heavy atom. The molecule has 3 amide bonds. The second-order valence-electron chi connectivity index (χ2n) is 12.3. The van der Waals surface area contributed by atoms with Gasteiger partial charge >= 0.3 is 0 Å². The van der Waals surface area contributed by atoms with Gasteiger partial charge in [-0.25, -0.2) is 4.39 Å². The van der Waals surface area contributed by atoms with Crippen LogP contribution in [0.4, 0.5) is 4.39 Å². The molecule has 234 valence electrons. The highest BCUT2D eigenvalue weighted by molar-refractivity contribution is 5.89. The molecule has 0 aromatic heterocycles. The molecule has 0 bridgehead atoms. The molecule has 5 rings (SSSR count). The number of benzene rings is 3. The average molecular weight is 602 g/mol. The molecule has 0 radical (unpaired) electrons. The lowest BCUT2D eigenvalue weighted by Crippen LogP contribution is -2.63. The van der Waals surface area contributed by atoms with Crippen LogP contribution in [0.25, 0.3) is 10.8 Å². The van der Waals surface area contributed by atoms with E-state index in [0.717, 1.165) is 28.3 Å². The van der Waals surface area contributed by atoms with Gasteiger partial charge in [-0.05, 0) is 66.1 Å². The standard InChI is InChI=1S/C35H44FN5O3/c1-3-30-22-40(32(34(43)38-2)20-24-8-11-25-6-4-5-7-26(25)18-24)16-17-41(30)35(44)31(19-23-9-13-28(36)14-10-23)39-33(42)27-12-15-29(37)21-27/h4-11,13-14,18,27,29-32H,3,12,15-17,19-22,37H2,1-2H3,(H,38,43)(H,39,42). The zero-order valence-corrected chi connectivity index (χ0v) is 25.7. The molecule has 1 saturated carbocycles. The minimum absolute atomic E-state index is 0.00239. The normalized spacial score (nSPS) is 22.0. The van der Waals surface area contributed by atoms with Crippen LogP contribution in [0.1, 0.15) is 43.7 Å². The molecule has 9 heteroatoms. The number of halogens is 1. The molecule has 1 aliphatic carbocycles. The summed E-state index contributed by atoms with van der Waals surface area (Å²) < 4.78 is 13.6. The highest BCUT2D eigenvalue weighted by Crippen LogP contribution is 2.26. The molecule has 2 fully saturated rings. The third kappa shape index (κ3) is 7.45. The lowest BCUT2D eigenvalue weighted by Gasteiger charge is -2.45. The van der Waals surface area contributed by atoms with Crippen LogP contribution in [-0.4, -0.2) is 78.4 Å². The smallest absolute Gasteiger partial charge is 0.245 e. The van der Waals surface area contributed by atoms with Crippen LogP contribution < -0.4 is 16.4 Å². The van der Waals surface area contributed by atoms with Gasteiger partial charge < -0.3 is 21.3 Å². The maximum Gasteiger partial charge on any atom is 0.245 e. The zero-order chi connectivity index (χ0) is 31.2. The van der Waals surface area contributed by atoms with Crippen LogP contribution in [0.15, 0.2) is 66.7 Å². The summed E-state index contributed by atoms with van der Waals surface area (Å²) in [4.78, 5) is 44.6. The van der Waals surface area contributed by atoms with Crippen molar-refractivity contribution in [2.45, 2.75) is 69.6 Å². The second kappa shape index (κ2) is 14.3. The van der Waals surface area contributed by atoms with Crippen molar-refractivity contribution < 1.29 is 18.8 Å². The summed E-state index contributed by atoms with van der Waals surface area (Å²) in [5.41, 5.74) is 7.92. The minimum atomic E-state index is -0.780. The Hall–Kier alpha value is -3.82. The summed E-state index contributed by atoms with van der Waals surface area (Å²) in [6.07, 6.45) is 3.63. The number of nitrogens with zero attached hydrogens (tertiary/aromatic N) is 2. The van der Waals surface area contributed by atoms with Crippen molar-refractivity contribution >= 4 is 28.5 Å². The lowest BCUT2D eigenvalue weighted by molar-refractivity contribution is -0.142. The van der Waals surface area contributed by atoms with Crippen molar-refractivity contribution in [3.05, 3.63) is 83.7 Å². The molecule has 1 aliphatic heterocycles. The van der Waals surface area contributed by atoms with Crippen LogP contribution >= 0.6 is 0 Å². The van der Waals surface area contributed by atoms with Gasteiger partial charge in [0.05, 0.1) is 6.04 Å². The predicted octanol–water partition coefficient (Wildman–Crippen LogP) is 3.41. The van der Waals surface area contributed by atoms with E-state index in [1.165, 1.54) is 12.1 Å². The van der Waals surface area contributed by atoms with E-state index >= 15 is 0 Å². The summed E-state index contributed by atoms with van der Waals surface area (Å²) >= 11 is 0. The zero-order valence-electron chi connectivity index (χ0n) is 25.7. The number of carbonyl (C=O) groups is 3. The Morgan fingerprint density at radius 3 is 2.36 bits per heavy atom. The number of likely N-dealkylation sites (N-methyl/N-ethyl adjacent to an activating group) is 1. The molecular weight excluding hydrogens is 557 g/mol. The molecule has 5 atom stereocenters. The van der Waals surface area contributed by atoms with E-state index in [0.29, 0.717) is 45.3 Å². The predicted molar refractivity (Wildman–Crippen MR) is 170 cm³/mol. The first-order valence-electron chi connectivity index (χ1n) is 15.8. The maximum atomic E-state index is 14.2. The Bertz CT molecular complexity index is 1460. The van der Waals surface area contributed by atoms with E-state index in [-0.39, 0.29) is 54.0 Å². The van der Waals surface area contributed by atoms with Gasteiger partial charge in [0, 0.05) is 51.1 Å². The van der Waals surface area contributed by atoms with Gasteiger partial charge in [0.15, 0.2) is 0 Å². The summed E-state index contributed by atoms with van der Waals surface area (Å²) in [6.45, 7) is 3.55. The fraction of sp³-hybridized carbons (Fsp3) is 0.457. The second-order valence-corrected chi connectivity index (χ2v) is 12.3. The highest BCUT2D eigenvalue weighted by atomic mass is 19.1. The summed E-state index contributed by atoms with van der Waals surface area (Å²) in [7, 11) is 1.66. The quantitative estimate of drug-likeness (QED) is 0.330. The number of rotatable bonds is 10. The van der Waals surface area contributed by atoms with Gasteiger partial charge in [-0.1, -0.05) is 61.5 Å². The SMILES string of the molecule is CCC1CN(C(Cc2ccc3ccccc3c2)C(=O)NC)CCN1C(=O)C(Cc1ccc(F)cc1)NC(=O)C1CCC(N)C1. The fourth-order valence-corrected chi connectivity index (χ4v) is 6.75. The third-order valence-corrected chi connectivity index (χ3v) is 9.31. The van der Waals surface area contributed by atoms with Crippen LogP contribution in [0, 0.1) is 11.7 Å². The average Bonchev–Trinajstić information content (AvgIpc) is 3.49. The Labute approximate surface area is 259 Å². The van der Waals surface area contributed by atoms with E-state index in [1.807, 2.05) is 24.0 Å². The Kier molecular flexibility index (Phi) is 10.3. The third-order valence-electron chi connectivity index (χ3n) is 9.31. The van der Waals surface area contributed by atoms with Gasteiger partial charge in [0.2, 0.25) is 17.7 Å². The van der Waals surface area contributed by atoms with Crippen molar-refractivity contribution in [1.82, 2.24) is 20.4 Å². The van der Waals surface area contributed by atoms with Crippen LogP contribution in [0.2, 0.25) is 0 Å². The number of nitrogens with one attached hydrogen (secondary N) is 2. The topological polar surface area (TPSA) is 108 Å². The van der Waals surface area contributed by atoms with Gasteiger partial charge in [-0.15, -0.1) is 0 Å². The lowest BCUT2D eigenvalue weighted by atomic mass is 9.97. The summed E-state index contributed by atoms with van der Waals surface area (Å²) in [5.74, 6) is -0.917. The van der Waals surface area contributed by atoms with Crippen molar-refractivity contribution in [3.63, 3.8) is 0 Å². The van der Waals surface area contributed by atoms with Gasteiger partial charge in [0.1, 0.15) is 11.9 Å². The number of hydrogen-bond acceptors (Lipinski definition) is 5. The first kappa shape index (κ1) is 31.6. The molecule has 1 heterocycles. The van der Waals surface area contributed by atoms with Crippen molar-refractivity contribution in [2.75, 3.05) is 26.7 Å². The molecule has 3 aromatic rings. The number of piperazine rings is 1. The van der Waals surface area contributed by atoms with Crippen LogP contribution in [0.3, 0.4) is 0 Å². The molecule has 2 aliphatic rings. The van der Waals surface area contributed by atoms with E-state index in [1.54, 1.807) is 19.2 Å². The molecule has 5 unspecified atom stereocenters. The minimum Gasteiger partial charge on any atom is -0.358 e. The monoisotopic (exact) mass is 601 g/mol. The fourth-order valence-electron chi connectivity index (χ4n) is 6.75. The van der Waals surface area contributed by atoms with Crippen molar-refractivity contribution in [2.24, 2.45) is 11.7 Å². The van der Waals surface area contributed by atoms with Crippen LogP contribution in [-0.2, 0) is 27.2 Å². The largest absolute Gasteiger partial charge is 0.358 e. The van der Waals surface area contributed by atoms with Gasteiger partial charge in [0.25, 0.3) is 0 Å². The molecule has 1 saturated heterocycles. The first-order chi connectivity index (χ1) is 21.2. The molecular formula is C35H44FN5O3. The van der Waals surface area contributed by atoms with Crippen molar-refractivity contribution in [1.29, 1.82) is 0 Å². The molecule has 44 heavy (non-hydrogen) atoms. The van der Waals surface area contributed by atoms with E-state index in [2.05, 4.69) is 45.9 Å². The molecule has 8 nitrogen and oxygen atoms in total. The summed E-state index contributed by atoms with van der Waals surface area (Å²) in [5, 5.41) is 8.17. The number of hydrogen-bond donors (Lipinski definition) is 3. The number of fused-ring (bicyclic) bond motifs is 1. The maximum absolute atomic E-state index is 14.2. The highest BCUT2D eigenvalue weighted by Gasteiger charge is 2.38. The van der Waals surface area contributed by atoms with E-state index in [4.69, 9.17) is 5.73 Å². The Balaban J connectivity index is 1.32.